The molecule has 0 radical (unpaired) electrons. The van der Waals surface area contributed by atoms with E-state index in [9.17, 15) is 10.1 Å². The number of ether oxygens (including phenoxy) is 1. The van der Waals surface area contributed by atoms with Crippen molar-refractivity contribution in [2.75, 3.05) is 5.73 Å². The summed E-state index contributed by atoms with van der Waals surface area (Å²) < 4.78 is 7.49. The second-order valence-electron chi connectivity index (χ2n) is 5.62. The molecular weight excluding hydrogens is 350 g/mol. The zero-order chi connectivity index (χ0) is 18.8. The summed E-state index contributed by atoms with van der Waals surface area (Å²) in [5.41, 5.74) is 8.24. The number of nitro benzene ring substituents is 1. The van der Waals surface area contributed by atoms with Gasteiger partial charge in [0.1, 0.15) is 25.1 Å². The number of anilines is 1. The number of benzene rings is 1. The van der Waals surface area contributed by atoms with E-state index in [4.69, 9.17) is 10.5 Å². The molecule has 10 nitrogen and oxygen atoms in total. The molecule has 0 aliphatic rings. The topological polar surface area (TPSA) is 135 Å². The molecule has 0 unspecified atom stereocenters. The Labute approximate surface area is 152 Å². The first kappa shape index (κ1) is 16.4. The van der Waals surface area contributed by atoms with E-state index in [1.54, 1.807) is 35.3 Å². The number of nitrogens with zero attached hydrogens (tertiary/aromatic N) is 6. The number of nitrogens with two attached hydrogens (primary N) is 1. The van der Waals surface area contributed by atoms with Crippen molar-refractivity contribution in [3.05, 3.63) is 70.9 Å². The van der Waals surface area contributed by atoms with Gasteiger partial charge in [-0.2, -0.15) is 4.98 Å². The van der Waals surface area contributed by atoms with Gasteiger partial charge in [-0.1, -0.05) is 0 Å². The van der Waals surface area contributed by atoms with Crippen LogP contribution in [0, 0.1) is 10.1 Å². The highest BCUT2D eigenvalue weighted by atomic mass is 16.6. The molecular formula is C17H13N7O3. The largest absolute Gasteiger partial charge is 0.471 e. The Bertz CT molecular complexity index is 1110. The Morgan fingerprint density at radius 1 is 1.07 bits per heavy atom. The second kappa shape index (κ2) is 6.67. The predicted octanol–water partition coefficient (Wildman–Crippen LogP) is 2.28. The molecule has 2 N–H and O–H groups in total. The summed E-state index contributed by atoms with van der Waals surface area (Å²) in [5.74, 6) is 0.741. The van der Waals surface area contributed by atoms with Gasteiger partial charge >= 0.3 is 0 Å². The van der Waals surface area contributed by atoms with Gasteiger partial charge in [-0.25, -0.2) is 15.0 Å². The van der Waals surface area contributed by atoms with Gasteiger partial charge in [0.2, 0.25) is 5.88 Å². The van der Waals surface area contributed by atoms with Crippen molar-refractivity contribution in [1.82, 2.24) is 24.5 Å². The monoisotopic (exact) mass is 363 g/mol. The minimum atomic E-state index is -0.447. The molecule has 0 fully saturated rings. The van der Waals surface area contributed by atoms with Crippen molar-refractivity contribution in [1.29, 1.82) is 0 Å². The first-order valence-electron chi connectivity index (χ1n) is 7.88. The molecule has 0 spiro atoms. The number of pyridine rings is 1. The van der Waals surface area contributed by atoms with Crippen molar-refractivity contribution < 1.29 is 9.66 Å². The van der Waals surface area contributed by atoms with Gasteiger partial charge in [-0.3, -0.25) is 14.7 Å². The Hall–Kier alpha value is -4.08. The van der Waals surface area contributed by atoms with Crippen molar-refractivity contribution in [2.45, 2.75) is 6.61 Å². The lowest BCUT2D eigenvalue weighted by Gasteiger charge is -2.06. The maximum atomic E-state index is 10.7. The number of aromatic nitrogens is 5. The Balaban J connectivity index is 1.59. The molecule has 27 heavy (non-hydrogen) atoms. The number of non-ortho nitro benzene ring substituents is 1. The van der Waals surface area contributed by atoms with Crippen molar-refractivity contribution >= 4 is 22.7 Å². The maximum Gasteiger partial charge on any atom is 0.269 e. The van der Waals surface area contributed by atoms with Crippen LogP contribution < -0.4 is 10.5 Å². The maximum absolute atomic E-state index is 10.7. The van der Waals surface area contributed by atoms with Gasteiger partial charge < -0.3 is 10.5 Å². The average molecular weight is 363 g/mol. The SMILES string of the molecule is Nc1ccc(-n2cnc3c(OCc4ccc([N+](=O)[O-])cc4)ncnc32)cn1. The molecule has 0 saturated carbocycles. The van der Waals surface area contributed by atoms with Crippen LogP contribution in [-0.2, 0) is 6.61 Å². The zero-order valence-corrected chi connectivity index (χ0v) is 13.9. The Kier molecular flexibility index (Phi) is 4.05. The van der Waals surface area contributed by atoms with Crippen molar-refractivity contribution in [2.24, 2.45) is 0 Å². The van der Waals surface area contributed by atoms with Crippen LogP contribution in [0.2, 0.25) is 0 Å². The predicted molar refractivity (Wildman–Crippen MR) is 96.3 cm³/mol. The molecule has 10 heteroatoms. The van der Waals surface area contributed by atoms with Gasteiger partial charge in [0.25, 0.3) is 5.69 Å². The standard InChI is InChI=1S/C17H13N7O3/c18-14-6-5-13(7-19-14)23-10-22-15-16(23)20-9-21-17(15)27-8-11-1-3-12(4-2-11)24(25)26/h1-7,9-10H,8H2,(H2,18,19). The number of rotatable bonds is 5. The van der Waals surface area contributed by atoms with E-state index < -0.39 is 4.92 Å². The van der Waals surface area contributed by atoms with Gasteiger partial charge in [-0.15, -0.1) is 0 Å². The lowest BCUT2D eigenvalue weighted by atomic mass is 10.2. The highest BCUT2D eigenvalue weighted by Crippen LogP contribution is 2.23. The molecule has 3 heterocycles. The third kappa shape index (κ3) is 3.23. The Morgan fingerprint density at radius 2 is 1.89 bits per heavy atom. The van der Waals surface area contributed by atoms with Crippen LogP contribution >= 0.6 is 0 Å². The molecule has 0 saturated heterocycles. The highest BCUT2D eigenvalue weighted by Gasteiger charge is 2.13. The van der Waals surface area contributed by atoms with E-state index in [1.165, 1.54) is 18.5 Å². The molecule has 3 aromatic heterocycles. The van der Waals surface area contributed by atoms with Crippen LogP contribution in [0.3, 0.4) is 0 Å². The van der Waals surface area contributed by atoms with E-state index >= 15 is 0 Å². The fraction of sp³-hybridized carbons (Fsp3) is 0.0588. The van der Waals surface area contributed by atoms with Crippen molar-refractivity contribution in [3.63, 3.8) is 0 Å². The smallest absolute Gasteiger partial charge is 0.269 e. The summed E-state index contributed by atoms with van der Waals surface area (Å²) in [5, 5.41) is 10.7. The van der Waals surface area contributed by atoms with Crippen LogP contribution in [0.4, 0.5) is 11.5 Å². The fourth-order valence-corrected chi connectivity index (χ4v) is 2.51. The van der Waals surface area contributed by atoms with Crippen LogP contribution in [0.15, 0.2) is 55.2 Å². The average Bonchev–Trinajstić information content (AvgIpc) is 3.12. The molecule has 0 amide bonds. The second-order valence-corrected chi connectivity index (χ2v) is 5.62. The number of imidazole rings is 1. The van der Waals surface area contributed by atoms with Gasteiger partial charge in [-0.05, 0) is 29.8 Å². The van der Waals surface area contributed by atoms with E-state index in [1.807, 2.05) is 6.07 Å². The van der Waals surface area contributed by atoms with Gasteiger partial charge in [0.05, 0.1) is 16.8 Å². The van der Waals surface area contributed by atoms with Crippen LogP contribution in [-0.4, -0.2) is 29.4 Å². The molecule has 0 aliphatic carbocycles. The number of hydrogen-bond acceptors (Lipinski definition) is 8. The Morgan fingerprint density at radius 3 is 2.59 bits per heavy atom. The molecule has 0 bridgehead atoms. The molecule has 4 rings (SSSR count). The summed E-state index contributed by atoms with van der Waals surface area (Å²) in [6.45, 7) is 0.195. The molecule has 134 valence electrons. The molecule has 4 aromatic rings. The van der Waals surface area contributed by atoms with Crippen LogP contribution in [0.25, 0.3) is 16.9 Å². The molecule has 0 atom stereocenters. The lowest BCUT2D eigenvalue weighted by molar-refractivity contribution is -0.384. The summed E-state index contributed by atoms with van der Waals surface area (Å²) in [4.78, 5) is 27.1. The number of nitrogen functional groups attached to an aromatic ring is 1. The van der Waals surface area contributed by atoms with Gasteiger partial charge in [0, 0.05) is 12.1 Å². The summed E-state index contributed by atoms with van der Waals surface area (Å²) >= 11 is 0. The highest BCUT2D eigenvalue weighted by molar-refractivity contribution is 5.77. The minimum absolute atomic E-state index is 0.0269. The normalized spacial score (nSPS) is 10.8. The first-order valence-corrected chi connectivity index (χ1v) is 7.88. The van der Waals surface area contributed by atoms with Crippen molar-refractivity contribution in [3.8, 4) is 11.6 Å². The number of fused-ring (bicyclic) bond motifs is 1. The summed E-state index contributed by atoms with van der Waals surface area (Å²) in [6.07, 6.45) is 4.61. The summed E-state index contributed by atoms with van der Waals surface area (Å²) in [7, 11) is 0. The molecule has 0 aliphatic heterocycles. The molecule has 1 aromatic carbocycles. The number of nitro groups is 1. The first-order chi connectivity index (χ1) is 13.1. The quantitative estimate of drug-likeness (QED) is 0.421. The van der Waals surface area contributed by atoms with E-state index in [2.05, 4.69) is 19.9 Å². The summed E-state index contributed by atoms with van der Waals surface area (Å²) in [6, 6.07) is 9.62. The van der Waals surface area contributed by atoms with E-state index in [-0.39, 0.29) is 12.3 Å². The third-order valence-electron chi connectivity index (χ3n) is 3.87. The van der Waals surface area contributed by atoms with Gasteiger partial charge in [0.15, 0.2) is 11.2 Å². The number of hydrogen-bond donors (Lipinski definition) is 1. The van der Waals surface area contributed by atoms with E-state index in [0.29, 0.717) is 22.9 Å². The third-order valence-corrected chi connectivity index (χ3v) is 3.87. The van der Waals surface area contributed by atoms with E-state index in [0.717, 1.165) is 11.3 Å². The zero-order valence-electron chi connectivity index (χ0n) is 13.9. The van der Waals surface area contributed by atoms with Crippen LogP contribution in [0.5, 0.6) is 5.88 Å². The van der Waals surface area contributed by atoms with Crippen LogP contribution in [0.1, 0.15) is 5.56 Å². The lowest BCUT2D eigenvalue weighted by Crippen LogP contribution is -2.00. The minimum Gasteiger partial charge on any atom is -0.471 e. The fourth-order valence-electron chi connectivity index (χ4n) is 2.51.